The van der Waals surface area contributed by atoms with Gasteiger partial charge in [-0.05, 0) is 35.9 Å². The van der Waals surface area contributed by atoms with E-state index < -0.39 is 0 Å². The molecule has 0 heterocycles. The van der Waals surface area contributed by atoms with Gasteiger partial charge in [0.25, 0.3) is 0 Å². The van der Waals surface area contributed by atoms with Crippen LogP contribution in [0.2, 0.25) is 0 Å². The van der Waals surface area contributed by atoms with Crippen molar-refractivity contribution in [1.82, 2.24) is 0 Å². The summed E-state index contributed by atoms with van der Waals surface area (Å²) in [6.07, 6.45) is 0. The Hall–Kier alpha value is -2.54. The van der Waals surface area contributed by atoms with E-state index in [1.807, 2.05) is 12.1 Å². The highest BCUT2D eigenvalue weighted by Gasteiger charge is 2.00. The van der Waals surface area contributed by atoms with Crippen LogP contribution in [0.1, 0.15) is 11.1 Å². The van der Waals surface area contributed by atoms with Crippen molar-refractivity contribution in [3.63, 3.8) is 0 Å². The summed E-state index contributed by atoms with van der Waals surface area (Å²) in [5, 5.41) is 11.8. The van der Waals surface area contributed by atoms with Gasteiger partial charge in [-0.15, -0.1) is 0 Å². The highest BCUT2D eigenvalue weighted by molar-refractivity contribution is 5.65. The summed E-state index contributed by atoms with van der Waals surface area (Å²) in [6, 6.07) is 13.5. The average molecular weight is 241 g/mol. The van der Waals surface area contributed by atoms with Gasteiger partial charge < -0.3 is 11.1 Å². The molecule has 0 saturated carbocycles. The number of nitriles is 1. The minimum absolute atomic E-state index is 0.351. The van der Waals surface area contributed by atoms with Crippen molar-refractivity contribution in [3.05, 3.63) is 59.4 Å². The number of hydrogen-bond donors (Lipinski definition) is 2. The molecule has 0 unspecified atom stereocenters. The average Bonchev–Trinajstić information content (AvgIpc) is 2.38. The molecule has 0 bridgehead atoms. The maximum absolute atomic E-state index is 12.9. The molecule has 0 radical (unpaired) electrons. The first-order valence-electron chi connectivity index (χ1n) is 5.47. The van der Waals surface area contributed by atoms with E-state index in [4.69, 9.17) is 11.0 Å². The first kappa shape index (κ1) is 11.9. The number of benzene rings is 2. The number of hydrogen-bond acceptors (Lipinski definition) is 3. The standard InChI is InChI=1S/C14H12FN3/c15-12-5-6-14(13(17)7-12)18-9-11-3-1-10(8-16)2-4-11/h1-7,18H,9,17H2. The molecule has 2 aromatic carbocycles. The van der Waals surface area contributed by atoms with Crippen LogP contribution in [0.4, 0.5) is 15.8 Å². The lowest BCUT2D eigenvalue weighted by molar-refractivity contribution is 0.628. The Morgan fingerprint density at radius 2 is 1.89 bits per heavy atom. The van der Waals surface area contributed by atoms with Crippen molar-refractivity contribution < 1.29 is 4.39 Å². The monoisotopic (exact) mass is 241 g/mol. The second-order valence-electron chi connectivity index (χ2n) is 3.89. The van der Waals surface area contributed by atoms with E-state index in [0.717, 1.165) is 5.56 Å². The Kier molecular flexibility index (Phi) is 3.44. The first-order chi connectivity index (χ1) is 8.69. The van der Waals surface area contributed by atoms with Crippen molar-refractivity contribution in [2.24, 2.45) is 0 Å². The smallest absolute Gasteiger partial charge is 0.125 e. The second kappa shape index (κ2) is 5.19. The zero-order chi connectivity index (χ0) is 13.0. The van der Waals surface area contributed by atoms with Crippen molar-refractivity contribution in [2.75, 3.05) is 11.1 Å². The lowest BCUT2D eigenvalue weighted by Crippen LogP contribution is -2.02. The van der Waals surface area contributed by atoms with Crippen LogP contribution in [-0.2, 0) is 6.54 Å². The summed E-state index contributed by atoms with van der Waals surface area (Å²) >= 11 is 0. The third kappa shape index (κ3) is 2.77. The molecule has 0 aliphatic rings. The molecule has 0 atom stereocenters. The molecule has 2 rings (SSSR count). The molecule has 3 nitrogen and oxygen atoms in total. The highest BCUT2D eigenvalue weighted by atomic mass is 19.1. The van der Waals surface area contributed by atoms with Gasteiger partial charge in [-0.25, -0.2) is 4.39 Å². The third-order valence-corrected chi connectivity index (χ3v) is 2.58. The lowest BCUT2D eigenvalue weighted by atomic mass is 10.1. The number of halogens is 1. The largest absolute Gasteiger partial charge is 0.397 e. The minimum Gasteiger partial charge on any atom is -0.397 e. The van der Waals surface area contributed by atoms with Crippen LogP contribution in [0.3, 0.4) is 0 Å². The van der Waals surface area contributed by atoms with Gasteiger partial charge in [0, 0.05) is 6.54 Å². The van der Waals surface area contributed by atoms with Gasteiger partial charge in [0.05, 0.1) is 23.0 Å². The van der Waals surface area contributed by atoms with Crippen LogP contribution in [0, 0.1) is 17.1 Å². The summed E-state index contributed by atoms with van der Waals surface area (Å²) in [5.74, 6) is -0.351. The number of nitrogens with one attached hydrogen (secondary N) is 1. The fourth-order valence-electron chi connectivity index (χ4n) is 1.59. The Balaban J connectivity index is 2.04. The topological polar surface area (TPSA) is 61.8 Å². The summed E-state index contributed by atoms with van der Waals surface area (Å²) < 4.78 is 12.9. The van der Waals surface area contributed by atoms with E-state index in [9.17, 15) is 4.39 Å². The zero-order valence-electron chi connectivity index (χ0n) is 9.65. The molecule has 3 N–H and O–H groups in total. The van der Waals surface area contributed by atoms with Gasteiger partial charge in [-0.2, -0.15) is 5.26 Å². The number of anilines is 2. The maximum Gasteiger partial charge on any atom is 0.125 e. The molecule has 0 spiro atoms. The predicted molar refractivity (Wildman–Crippen MR) is 69.3 cm³/mol. The Morgan fingerprint density at radius 3 is 2.50 bits per heavy atom. The second-order valence-corrected chi connectivity index (χ2v) is 3.89. The molecule has 0 fully saturated rings. The molecule has 18 heavy (non-hydrogen) atoms. The SMILES string of the molecule is N#Cc1ccc(CNc2ccc(F)cc2N)cc1. The number of nitrogens with two attached hydrogens (primary N) is 1. The maximum atomic E-state index is 12.9. The van der Waals surface area contributed by atoms with Crippen LogP contribution in [0.15, 0.2) is 42.5 Å². The normalized spacial score (nSPS) is 9.78. The third-order valence-electron chi connectivity index (χ3n) is 2.58. The molecule has 0 saturated heterocycles. The van der Waals surface area contributed by atoms with Crippen LogP contribution in [0.5, 0.6) is 0 Å². The molecule has 0 aliphatic carbocycles. The van der Waals surface area contributed by atoms with Crippen LogP contribution in [-0.4, -0.2) is 0 Å². The lowest BCUT2D eigenvalue weighted by Gasteiger charge is -2.09. The van der Waals surface area contributed by atoms with Crippen LogP contribution < -0.4 is 11.1 Å². The molecular formula is C14H12FN3. The van der Waals surface area contributed by atoms with Gasteiger partial charge in [0.1, 0.15) is 5.82 Å². The Morgan fingerprint density at radius 1 is 1.17 bits per heavy atom. The number of rotatable bonds is 3. The van der Waals surface area contributed by atoms with Crippen LogP contribution >= 0.6 is 0 Å². The summed E-state index contributed by atoms with van der Waals surface area (Å²) in [5.41, 5.74) is 8.41. The molecule has 2 aromatic rings. The van der Waals surface area contributed by atoms with Gasteiger partial charge in [0.2, 0.25) is 0 Å². The molecule has 0 amide bonds. The predicted octanol–water partition coefficient (Wildman–Crippen LogP) is 2.89. The fraction of sp³-hybridized carbons (Fsp3) is 0.0714. The quantitative estimate of drug-likeness (QED) is 0.812. The van der Waals surface area contributed by atoms with Gasteiger partial charge >= 0.3 is 0 Å². The summed E-state index contributed by atoms with van der Waals surface area (Å²) in [7, 11) is 0. The highest BCUT2D eigenvalue weighted by Crippen LogP contribution is 2.19. The molecular weight excluding hydrogens is 229 g/mol. The van der Waals surface area contributed by atoms with E-state index >= 15 is 0 Å². The summed E-state index contributed by atoms with van der Waals surface area (Å²) in [6.45, 7) is 0.571. The minimum atomic E-state index is -0.351. The van der Waals surface area contributed by atoms with Crippen molar-refractivity contribution in [3.8, 4) is 6.07 Å². The Bertz CT molecular complexity index is 585. The van der Waals surface area contributed by atoms with Crippen LogP contribution in [0.25, 0.3) is 0 Å². The molecule has 0 aliphatic heterocycles. The van der Waals surface area contributed by atoms with E-state index in [2.05, 4.69) is 11.4 Å². The van der Waals surface area contributed by atoms with Crippen molar-refractivity contribution in [2.45, 2.75) is 6.54 Å². The van der Waals surface area contributed by atoms with Crippen molar-refractivity contribution >= 4 is 11.4 Å². The first-order valence-corrected chi connectivity index (χ1v) is 5.47. The molecule has 0 aromatic heterocycles. The number of nitrogens with zero attached hydrogens (tertiary/aromatic N) is 1. The van der Waals surface area contributed by atoms with E-state index in [1.54, 1.807) is 18.2 Å². The number of nitrogen functional groups attached to an aromatic ring is 1. The molecule has 90 valence electrons. The van der Waals surface area contributed by atoms with Gasteiger partial charge in [-0.1, -0.05) is 12.1 Å². The molecule has 4 heteroatoms. The van der Waals surface area contributed by atoms with E-state index in [-0.39, 0.29) is 5.82 Å². The van der Waals surface area contributed by atoms with Gasteiger partial charge in [0.15, 0.2) is 0 Å². The van der Waals surface area contributed by atoms with E-state index in [1.165, 1.54) is 12.1 Å². The fourth-order valence-corrected chi connectivity index (χ4v) is 1.59. The van der Waals surface area contributed by atoms with Gasteiger partial charge in [-0.3, -0.25) is 0 Å². The zero-order valence-corrected chi connectivity index (χ0v) is 9.65. The van der Waals surface area contributed by atoms with Crippen molar-refractivity contribution in [1.29, 1.82) is 5.26 Å². The Labute approximate surface area is 105 Å². The summed E-state index contributed by atoms with van der Waals surface area (Å²) in [4.78, 5) is 0. The van der Waals surface area contributed by atoms with E-state index in [0.29, 0.717) is 23.5 Å².